The maximum absolute atomic E-state index is 12.5. The second kappa shape index (κ2) is 12.8. The van der Waals surface area contributed by atoms with Crippen molar-refractivity contribution in [3.8, 4) is 0 Å². The lowest BCUT2D eigenvalue weighted by Gasteiger charge is -2.24. The van der Waals surface area contributed by atoms with Gasteiger partial charge in [-0.2, -0.15) is 0 Å². The second-order valence-corrected chi connectivity index (χ2v) is 9.57. The predicted octanol–water partition coefficient (Wildman–Crippen LogP) is 3.15. The zero-order valence-electron chi connectivity index (χ0n) is 17.7. The number of benzene rings is 1. The summed E-state index contributed by atoms with van der Waals surface area (Å²) in [4.78, 5) is 4.94. The van der Waals surface area contributed by atoms with Crippen LogP contribution in [0.25, 0.3) is 0 Å². The molecule has 1 saturated carbocycles. The van der Waals surface area contributed by atoms with Crippen molar-refractivity contribution in [1.29, 1.82) is 0 Å². The third kappa shape index (κ3) is 7.97. The fraction of sp³-hybridized carbons (Fsp3) is 0.667. The Labute approximate surface area is 197 Å². The Hall–Kier alpha value is -0.910. The highest BCUT2D eigenvalue weighted by Crippen LogP contribution is 2.17. The van der Waals surface area contributed by atoms with Crippen LogP contribution in [-0.2, 0) is 21.3 Å². The molecular formula is C21H35IN4O3S. The van der Waals surface area contributed by atoms with E-state index in [9.17, 15) is 8.42 Å². The molecule has 1 aromatic rings. The monoisotopic (exact) mass is 550 g/mol. The fourth-order valence-corrected chi connectivity index (χ4v) is 4.86. The number of sulfonamides is 1. The van der Waals surface area contributed by atoms with E-state index in [-0.39, 0.29) is 35.0 Å². The van der Waals surface area contributed by atoms with Gasteiger partial charge in [-0.25, -0.2) is 18.1 Å². The maximum Gasteiger partial charge on any atom is 0.240 e. The van der Waals surface area contributed by atoms with Crippen LogP contribution >= 0.6 is 24.0 Å². The Balaban J connectivity index is 0.00000320. The van der Waals surface area contributed by atoms with Gasteiger partial charge in [0.25, 0.3) is 0 Å². The van der Waals surface area contributed by atoms with Gasteiger partial charge in [-0.3, -0.25) is 0 Å². The van der Waals surface area contributed by atoms with Crippen LogP contribution in [0.2, 0.25) is 0 Å². The molecule has 0 amide bonds. The quantitative estimate of drug-likeness (QED) is 0.263. The Bertz CT molecular complexity index is 759. The molecule has 1 aromatic carbocycles. The zero-order chi connectivity index (χ0) is 20.5. The van der Waals surface area contributed by atoms with E-state index in [4.69, 9.17) is 4.74 Å². The van der Waals surface area contributed by atoms with Crippen LogP contribution in [0.15, 0.2) is 34.2 Å². The highest BCUT2D eigenvalue weighted by atomic mass is 127. The van der Waals surface area contributed by atoms with Gasteiger partial charge in [0.05, 0.1) is 17.5 Å². The minimum atomic E-state index is -3.51. The summed E-state index contributed by atoms with van der Waals surface area (Å²) in [5, 5.41) is 6.83. The molecule has 7 nitrogen and oxygen atoms in total. The van der Waals surface area contributed by atoms with Gasteiger partial charge in [0.1, 0.15) is 0 Å². The first kappa shape index (κ1) is 25.4. The number of nitrogens with one attached hydrogen (secondary N) is 3. The van der Waals surface area contributed by atoms with E-state index in [1.54, 1.807) is 12.1 Å². The van der Waals surface area contributed by atoms with Crippen LogP contribution in [0.3, 0.4) is 0 Å². The minimum Gasteiger partial charge on any atom is -0.377 e. The summed E-state index contributed by atoms with van der Waals surface area (Å²) in [6.45, 7) is 4.42. The number of halogens is 1. The highest BCUT2D eigenvalue weighted by molar-refractivity contribution is 14.0. The molecule has 1 unspecified atom stereocenters. The summed E-state index contributed by atoms with van der Waals surface area (Å²) < 4.78 is 33.0. The summed E-state index contributed by atoms with van der Waals surface area (Å²) in [7, 11) is -3.51. The van der Waals surface area contributed by atoms with Crippen molar-refractivity contribution in [3.05, 3.63) is 29.8 Å². The van der Waals surface area contributed by atoms with Crippen molar-refractivity contribution >= 4 is 40.0 Å². The van der Waals surface area contributed by atoms with Crippen LogP contribution in [0.4, 0.5) is 0 Å². The first-order valence-electron chi connectivity index (χ1n) is 10.8. The van der Waals surface area contributed by atoms with Gasteiger partial charge in [-0.1, -0.05) is 31.4 Å². The van der Waals surface area contributed by atoms with E-state index in [0.29, 0.717) is 25.7 Å². The van der Waals surface area contributed by atoms with Gasteiger partial charge < -0.3 is 15.4 Å². The number of aliphatic imine (C=N–C) groups is 1. The fourth-order valence-electron chi connectivity index (χ4n) is 3.80. The van der Waals surface area contributed by atoms with Crippen LogP contribution < -0.4 is 15.4 Å². The molecule has 1 heterocycles. The smallest absolute Gasteiger partial charge is 0.240 e. The van der Waals surface area contributed by atoms with E-state index in [1.165, 1.54) is 32.1 Å². The molecule has 3 N–H and O–H groups in total. The summed E-state index contributed by atoms with van der Waals surface area (Å²) >= 11 is 0. The van der Waals surface area contributed by atoms with Crippen molar-refractivity contribution in [2.45, 2.75) is 75.5 Å². The average Bonchev–Trinajstić information content (AvgIpc) is 3.26. The maximum atomic E-state index is 12.5. The summed E-state index contributed by atoms with van der Waals surface area (Å²) in [6.07, 6.45) is 8.13. The molecule has 3 rings (SSSR count). The lowest BCUT2D eigenvalue weighted by atomic mass is 9.96. The van der Waals surface area contributed by atoms with Crippen molar-refractivity contribution in [2.75, 3.05) is 19.7 Å². The number of ether oxygens (including phenoxy) is 1. The van der Waals surface area contributed by atoms with Gasteiger partial charge in [-0.15, -0.1) is 24.0 Å². The van der Waals surface area contributed by atoms with Crippen molar-refractivity contribution in [3.63, 3.8) is 0 Å². The second-order valence-electron chi connectivity index (χ2n) is 7.81. The van der Waals surface area contributed by atoms with Crippen LogP contribution in [0.1, 0.15) is 57.4 Å². The summed E-state index contributed by atoms with van der Waals surface area (Å²) in [5.41, 5.74) is 0.976. The van der Waals surface area contributed by atoms with E-state index in [1.807, 2.05) is 12.1 Å². The topological polar surface area (TPSA) is 91.8 Å². The molecular weight excluding hydrogens is 515 g/mol. The van der Waals surface area contributed by atoms with Gasteiger partial charge in [0.2, 0.25) is 10.0 Å². The molecule has 0 bridgehead atoms. The van der Waals surface area contributed by atoms with E-state index >= 15 is 0 Å². The third-order valence-corrected chi connectivity index (χ3v) is 6.91. The molecule has 0 aromatic heterocycles. The standard InChI is InChI=1S/C21H34N4O3S.HI/c1-2-22-21(25-18-7-4-3-5-8-18)23-15-17-10-12-20(13-11-17)29(26,27)24-16-19-9-6-14-28-19;/h10-13,18-19,24H,2-9,14-16H2,1H3,(H2,22,23,25);1H. The Kier molecular flexibility index (Phi) is 10.8. The lowest BCUT2D eigenvalue weighted by molar-refractivity contribution is 0.114. The first-order chi connectivity index (χ1) is 14.1. The molecule has 1 aliphatic heterocycles. The van der Waals surface area contributed by atoms with Crippen LogP contribution in [-0.4, -0.2) is 46.2 Å². The van der Waals surface area contributed by atoms with Gasteiger partial charge in [-0.05, 0) is 50.3 Å². The largest absolute Gasteiger partial charge is 0.377 e. The zero-order valence-corrected chi connectivity index (χ0v) is 20.9. The van der Waals surface area contributed by atoms with Crippen LogP contribution in [0, 0.1) is 0 Å². The highest BCUT2D eigenvalue weighted by Gasteiger charge is 2.20. The molecule has 170 valence electrons. The average molecular weight is 551 g/mol. The van der Waals surface area contributed by atoms with Crippen molar-refractivity contribution < 1.29 is 13.2 Å². The van der Waals surface area contributed by atoms with E-state index in [0.717, 1.165) is 30.9 Å². The van der Waals surface area contributed by atoms with Gasteiger partial charge >= 0.3 is 0 Å². The molecule has 0 radical (unpaired) electrons. The number of rotatable bonds is 8. The molecule has 9 heteroatoms. The van der Waals surface area contributed by atoms with Crippen molar-refractivity contribution in [1.82, 2.24) is 15.4 Å². The minimum absolute atomic E-state index is 0. The van der Waals surface area contributed by atoms with Crippen molar-refractivity contribution in [2.24, 2.45) is 4.99 Å². The molecule has 1 aliphatic carbocycles. The third-order valence-electron chi connectivity index (χ3n) is 5.47. The number of nitrogens with zero attached hydrogens (tertiary/aromatic N) is 1. The molecule has 1 atom stereocenters. The number of hydrogen-bond donors (Lipinski definition) is 3. The SMILES string of the molecule is CCNC(=NCc1ccc(S(=O)(=O)NCC2CCCO2)cc1)NC1CCCCC1.I. The molecule has 2 fully saturated rings. The first-order valence-corrected chi connectivity index (χ1v) is 12.3. The molecule has 2 aliphatic rings. The molecule has 1 saturated heterocycles. The summed E-state index contributed by atoms with van der Waals surface area (Å²) in [5.74, 6) is 0.828. The lowest BCUT2D eigenvalue weighted by Crippen LogP contribution is -2.44. The van der Waals surface area contributed by atoms with E-state index in [2.05, 4.69) is 27.3 Å². The van der Waals surface area contributed by atoms with E-state index < -0.39 is 10.0 Å². The van der Waals surface area contributed by atoms with Crippen LogP contribution in [0.5, 0.6) is 0 Å². The number of hydrogen-bond acceptors (Lipinski definition) is 4. The Morgan fingerprint density at radius 2 is 1.83 bits per heavy atom. The van der Waals surface area contributed by atoms with Gasteiger partial charge in [0, 0.05) is 25.7 Å². The summed E-state index contributed by atoms with van der Waals surface area (Å²) in [6, 6.07) is 7.43. The molecule has 30 heavy (non-hydrogen) atoms. The Morgan fingerprint density at radius 3 is 2.47 bits per heavy atom. The Morgan fingerprint density at radius 1 is 1.10 bits per heavy atom. The van der Waals surface area contributed by atoms with Gasteiger partial charge in [0.15, 0.2) is 5.96 Å². The predicted molar refractivity (Wildman–Crippen MR) is 131 cm³/mol. The molecule has 0 spiro atoms. The normalized spacial score (nSPS) is 20.6. The number of guanidine groups is 1.